The summed E-state index contributed by atoms with van der Waals surface area (Å²) in [6, 6.07) is 0. The van der Waals surface area contributed by atoms with Crippen molar-refractivity contribution in [2.24, 2.45) is 11.7 Å². The standard InChI is InChI=1S/C14H28N2O2/c1-4-10-16(5-2)11-8-12-7-6-9-14(12,15)13(17)18-3/h12H,4-11,15H2,1-3H3. The molecule has 0 heterocycles. The highest BCUT2D eigenvalue weighted by Crippen LogP contribution is 2.37. The van der Waals surface area contributed by atoms with Crippen LogP contribution < -0.4 is 5.73 Å². The Hall–Kier alpha value is -0.610. The lowest BCUT2D eigenvalue weighted by atomic mass is 9.85. The minimum Gasteiger partial charge on any atom is -0.468 e. The molecule has 1 fully saturated rings. The first kappa shape index (κ1) is 15.4. The minimum atomic E-state index is -0.736. The molecule has 4 nitrogen and oxygen atoms in total. The first-order valence-corrected chi connectivity index (χ1v) is 7.18. The largest absolute Gasteiger partial charge is 0.468 e. The normalized spacial score (nSPS) is 27.7. The zero-order valence-electron chi connectivity index (χ0n) is 12.1. The Balaban J connectivity index is 2.52. The van der Waals surface area contributed by atoms with Crippen molar-refractivity contribution < 1.29 is 9.53 Å². The predicted molar refractivity (Wildman–Crippen MR) is 73.3 cm³/mol. The summed E-state index contributed by atoms with van der Waals surface area (Å²) >= 11 is 0. The molecule has 0 amide bonds. The Morgan fingerprint density at radius 2 is 2.17 bits per heavy atom. The van der Waals surface area contributed by atoms with Crippen LogP contribution in [-0.4, -0.2) is 43.2 Å². The number of hydrogen-bond acceptors (Lipinski definition) is 4. The Morgan fingerprint density at radius 1 is 1.44 bits per heavy atom. The van der Waals surface area contributed by atoms with E-state index in [-0.39, 0.29) is 11.9 Å². The molecule has 0 spiro atoms. The van der Waals surface area contributed by atoms with Crippen molar-refractivity contribution in [3.63, 3.8) is 0 Å². The van der Waals surface area contributed by atoms with Crippen LogP contribution in [-0.2, 0) is 9.53 Å². The average molecular weight is 256 g/mol. The lowest BCUT2D eigenvalue weighted by Crippen LogP contribution is -2.52. The SMILES string of the molecule is CCCN(CC)CCC1CCCC1(N)C(=O)OC. The van der Waals surface area contributed by atoms with Gasteiger partial charge in [0, 0.05) is 0 Å². The van der Waals surface area contributed by atoms with E-state index in [1.54, 1.807) is 0 Å². The van der Waals surface area contributed by atoms with Gasteiger partial charge in [0.1, 0.15) is 5.54 Å². The first-order valence-electron chi connectivity index (χ1n) is 7.18. The molecule has 1 aliphatic carbocycles. The topological polar surface area (TPSA) is 55.6 Å². The van der Waals surface area contributed by atoms with Gasteiger partial charge in [0.05, 0.1) is 7.11 Å². The zero-order chi connectivity index (χ0) is 13.6. The predicted octanol–water partition coefficient (Wildman–Crippen LogP) is 1.78. The van der Waals surface area contributed by atoms with Crippen LogP contribution >= 0.6 is 0 Å². The van der Waals surface area contributed by atoms with E-state index in [0.717, 1.165) is 45.3 Å². The van der Waals surface area contributed by atoms with E-state index >= 15 is 0 Å². The van der Waals surface area contributed by atoms with Gasteiger partial charge in [-0.2, -0.15) is 0 Å². The highest BCUT2D eigenvalue weighted by atomic mass is 16.5. The maximum Gasteiger partial charge on any atom is 0.326 e. The molecular weight excluding hydrogens is 228 g/mol. The molecule has 0 aromatic rings. The van der Waals surface area contributed by atoms with Crippen LogP contribution in [0.15, 0.2) is 0 Å². The van der Waals surface area contributed by atoms with Gasteiger partial charge in [-0.15, -0.1) is 0 Å². The quantitative estimate of drug-likeness (QED) is 0.705. The summed E-state index contributed by atoms with van der Waals surface area (Å²) in [6.45, 7) is 7.60. The molecule has 1 saturated carbocycles. The van der Waals surface area contributed by atoms with Crippen molar-refractivity contribution in [3.05, 3.63) is 0 Å². The van der Waals surface area contributed by atoms with Gasteiger partial charge < -0.3 is 15.4 Å². The van der Waals surface area contributed by atoms with Crippen LogP contribution in [0.1, 0.15) is 46.0 Å². The molecule has 1 rings (SSSR count). The third-order valence-electron chi connectivity index (χ3n) is 4.22. The van der Waals surface area contributed by atoms with Crippen LogP contribution in [0, 0.1) is 5.92 Å². The molecule has 0 saturated heterocycles. The number of esters is 1. The minimum absolute atomic E-state index is 0.233. The summed E-state index contributed by atoms with van der Waals surface area (Å²) in [7, 11) is 1.43. The number of nitrogens with two attached hydrogens (primary N) is 1. The number of rotatable bonds is 7. The van der Waals surface area contributed by atoms with Gasteiger partial charge >= 0.3 is 5.97 Å². The Kier molecular flexibility index (Phi) is 6.09. The number of ether oxygens (including phenoxy) is 1. The van der Waals surface area contributed by atoms with Gasteiger partial charge in [0.15, 0.2) is 0 Å². The number of nitrogens with zero attached hydrogens (tertiary/aromatic N) is 1. The number of methoxy groups -OCH3 is 1. The van der Waals surface area contributed by atoms with E-state index < -0.39 is 5.54 Å². The molecule has 1 aliphatic rings. The second-order valence-corrected chi connectivity index (χ2v) is 5.34. The smallest absolute Gasteiger partial charge is 0.326 e. The van der Waals surface area contributed by atoms with Crippen LogP contribution in [0.3, 0.4) is 0 Å². The van der Waals surface area contributed by atoms with Gasteiger partial charge in [-0.25, -0.2) is 0 Å². The highest BCUT2D eigenvalue weighted by molar-refractivity contribution is 5.81. The molecule has 0 radical (unpaired) electrons. The fraction of sp³-hybridized carbons (Fsp3) is 0.929. The number of carbonyl (C=O) groups excluding carboxylic acids is 1. The van der Waals surface area contributed by atoms with Gasteiger partial charge in [-0.1, -0.05) is 20.3 Å². The van der Waals surface area contributed by atoms with E-state index in [9.17, 15) is 4.79 Å². The van der Waals surface area contributed by atoms with Crippen LogP contribution in [0.4, 0.5) is 0 Å². The summed E-state index contributed by atoms with van der Waals surface area (Å²) in [5.74, 6) is 0.0411. The van der Waals surface area contributed by atoms with Crippen molar-refractivity contribution in [1.82, 2.24) is 4.90 Å². The molecule has 0 aromatic heterocycles. The molecule has 106 valence electrons. The fourth-order valence-electron chi connectivity index (χ4n) is 3.05. The van der Waals surface area contributed by atoms with Gasteiger partial charge in [0.25, 0.3) is 0 Å². The van der Waals surface area contributed by atoms with Gasteiger partial charge in [0.2, 0.25) is 0 Å². The first-order chi connectivity index (χ1) is 8.58. The Morgan fingerprint density at radius 3 is 2.72 bits per heavy atom. The molecule has 0 aromatic carbocycles. The van der Waals surface area contributed by atoms with Gasteiger partial charge in [-0.3, -0.25) is 4.79 Å². The average Bonchev–Trinajstić information content (AvgIpc) is 2.76. The van der Waals surface area contributed by atoms with E-state index in [4.69, 9.17) is 10.5 Å². The molecule has 0 bridgehead atoms. The van der Waals surface area contributed by atoms with Crippen molar-refractivity contribution in [2.75, 3.05) is 26.7 Å². The maximum absolute atomic E-state index is 11.8. The lowest BCUT2D eigenvalue weighted by Gasteiger charge is -2.30. The van der Waals surface area contributed by atoms with E-state index in [0.29, 0.717) is 0 Å². The molecular formula is C14H28N2O2. The van der Waals surface area contributed by atoms with Crippen molar-refractivity contribution in [3.8, 4) is 0 Å². The molecule has 2 unspecified atom stereocenters. The molecule has 2 N–H and O–H groups in total. The second-order valence-electron chi connectivity index (χ2n) is 5.34. The molecule has 18 heavy (non-hydrogen) atoms. The van der Waals surface area contributed by atoms with Crippen molar-refractivity contribution in [1.29, 1.82) is 0 Å². The van der Waals surface area contributed by atoms with Crippen LogP contribution in [0.5, 0.6) is 0 Å². The summed E-state index contributed by atoms with van der Waals surface area (Å²) < 4.78 is 4.87. The van der Waals surface area contributed by atoms with E-state index in [1.807, 2.05) is 0 Å². The Bertz CT molecular complexity index is 271. The Labute approximate surface area is 111 Å². The van der Waals surface area contributed by atoms with Gasteiger partial charge in [-0.05, 0) is 51.2 Å². The monoisotopic (exact) mass is 256 g/mol. The second kappa shape index (κ2) is 7.10. The van der Waals surface area contributed by atoms with E-state index in [2.05, 4.69) is 18.7 Å². The summed E-state index contributed by atoms with van der Waals surface area (Å²) in [6.07, 6.45) is 5.03. The fourth-order valence-corrected chi connectivity index (χ4v) is 3.05. The number of hydrogen-bond donors (Lipinski definition) is 1. The van der Waals surface area contributed by atoms with Crippen LogP contribution in [0.25, 0.3) is 0 Å². The zero-order valence-corrected chi connectivity index (χ0v) is 12.1. The molecule has 4 heteroatoms. The van der Waals surface area contributed by atoms with Crippen molar-refractivity contribution >= 4 is 5.97 Å². The molecule has 0 aliphatic heterocycles. The summed E-state index contributed by atoms with van der Waals surface area (Å²) in [5.41, 5.74) is 5.53. The summed E-state index contributed by atoms with van der Waals surface area (Å²) in [5, 5.41) is 0. The van der Waals surface area contributed by atoms with E-state index in [1.165, 1.54) is 13.5 Å². The third kappa shape index (κ3) is 3.45. The number of carbonyl (C=O) groups is 1. The summed E-state index contributed by atoms with van der Waals surface area (Å²) in [4.78, 5) is 14.3. The van der Waals surface area contributed by atoms with Crippen LogP contribution in [0.2, 0.25) is 0 Å². The van der Waals surface area contributed by atoms with Crippen molar-refractivity contribution in [2.45, 2.75) is 51.5 Å². The highest BCUT2D eigenvalue weighted by Gasteiger charge is 2.46. The maximum atomic E-state index is 11.8. The molecule has 2 atom stereocenters. The lowest BCUT2D eigenvalue weighted by molar-refractivity contribution is -0.148. The third-order valence-corrected chi connectivity index (χ3v) is 4.22.